The van der Waals surface area contributed by atoms with E-state index < -0.39 is 5.91 Å². The van der Waals surface area contributed by atoms with E-state index in [1.807, 2.05) is 12.1 Å². The van der Waals surface area contributed by atoms with E-state index in [0.717, 1.165) is 4.47 Å². The lowest BCUT2D eigenvalue weighted by atomic mass is 10.2. The van der Waals surface area contributed by atoms with Gasteiger partial charge in [0, 0.05) is 15.1 Å². The van der Waals surface area contributed by atoms with E-state index in [4.69, 9.17) is 27.9 Å². The molecule has 0 aromatic heterocycles. The molecule has 22 heavy (non-hydrogen) atoms. The summed E-state index contributed by atoms with van der Waals surface area (Å²) in [6.45, 7) is -0.193. The molecule has 0 saturated heterocycles. The van der Waals surface area contributed by atoms with Gasteiger partial charge in [0.1, 0.15) is 5.75 Å². The van der Waals surface area contributed by atoms with Crippen LogP contribution in [-0.2, 0) is 4.79 Å². The molecule has 2 rings (SSSR count). The molecule has 0 aliphatic rings. The van der Waals surface area contributed by atoms with Gasteiger partial charge in [-0.1, -0.05) is 57.3 Å². The fourth-order valence-corrected chi connectivity index (χ4v) is 2.43. The number of hydrogen-bond donors (Lipinski definition) is 1. The quantitative estimate of drug-likeness (QED) is 0.600. The minimum absolute atomic E-state index is 0.193. The Hall–Kier alpha value is -1.56. The summed E-state index contributed by atoms with van der Waals surface area (Å²) in [4.78, 5) is 11.6. The number of hydrazone groups is 1. The van der Waals surface area contributed by atoms with Crippen molar-refractivity contribution in [3.63, 3.8) is 0 Å². The summed E-state index contributed by atoms with van der Waals surface area (Å²) < 4.78 is 6.15. The van der Waals surface area contributed by atoms with Gasteiger partial charge in [-0.3, -0.25) is 4.79 Å². The highest BCUT2D eigenvalue weighted by atomic mass is 79.9. The van der Waals surface area contributed by atoms with Crippen molar-refractivity contribution >= 4 is 51.3 Å². The largest absolute Gasteiger partial charge is 0.482 e. The molecule has 0 fully saturated rings. The van der Waals surface area contributed by atoms with Crippen LogP contribution >= 0.6 is 39.1 Å². The zero-order valence-corrected chi connectivity index (χ0v) is 14.3. The summed E-state index contributed by atoms with van der Waals surface area (Å²) in [5.41, 5.74) is 3.06. The Balaban J connectivity index is 1.84. The summed E-state index contributed by atoms with van der Waals surface area (Å²) in [5.74, 6) is 0.0254. The number of nitrogens with one attached hydrogen (secondary N) is 1. The van der Waals surface area contributed by atoms with Gasteiger partial charge in [0.05, 0.1) is 11.2 Å². The first-order valence-electron chi connectivity index (χ1n) is 6.20. The van der Waals surface area contributed by atoms with E-state index in [9.17, 15) is 4.79 Å². The fraction of sp³-hybridized carbons (Fsp3) is 0.0667. The Bertz CT molecular complexity index is 708. The Morgan fingerprint density at radius 2 is 2.00 bits per heavy atom. The highest BCUT2D eigenvalue weighted by Gasteiger charge is 2.05. The molecule has 4 nitrogen and oxygen atoms in total. The van der Waals surface area contributed by atoms with Crippen LogP contribution in [0.4, 0.5) is 0 Å². The molecular weight excluding hydrogens is 391 g/mol. The van der Waals surface area contributed by atoms with Gasteiger partial charge in [0.25, 0.3) is 5.91 Å². The minimum Gasteiger partial charge on any atom is -0.482 e. The number of hydrogen-bond acceptors (Lipinski definition) is 3. The van der Waals surface area contributed by atoms with Crippen molar-refractivity contribution in [1.29, 1.82) is 0 Å². The standard InChI is InChI=1S/C15H11BrCl2N2O2/c16-11-5-6-14(13(18)7-11)22-9-15(21)20-19-8-10-3-1-2-4-12(10)17/h1-8H,9H2,(H,20,21). The van der Waals surface area contributed by atoms with Crippen molar-refractivity contribution in [2.45, 2.75) is 0 Å². The van der Waals surface area contributed by atoms with Crippen LogP contribution < -0.4 is 10.2 Å². The number of carbonyl (C=O) groups is 1. The lowest BCUT2D eigenvalue weighted by Gasteiger charge is -2.07. The van der Waals surface area contributed by atoms with E-state index in [-0.39, 0.29) is 6.61 Å². The molecule has 0 unspecified atom stereocenters. The second-order valence-corrected chi connectivity index (χ2v) is 5.91. The number of rotatable bonds is 5. The van der Waals surface area contributed by atoms with Crippen LogP contribution in [0.25, 0.3) is 0 Å². The maximum Gasteiger partial charge on any atom is 0.277 e. The lowest BCUT2D eigenvalue weighted by molar-refractivity contribution is -0.123. The first-order chi connectivity index (χ1) is 10.6. The Morgan fingerprint density at radius 1 is 1.23 bits per heavy atom. The highest BCUT2D eigenvalue weighted by molar-refractivity contribution is 9.10. The van der Waals surface area contributed by atoms with Gasteiger partial charge in [-0.2, -0.15) is 5.10 Å². The SMILES string of the molecule is O=C(COc1ccc(Br)cc1Cl)NN=Cc1ccccc1Cl. The predicted octanol–water partition coefficient (Wildman–Crippen LogP) is 4.29. The van der Waals surface area contributed by atoms with Crippen LogP contribution in [0.2, 0.25) is 10.0 Å². The van der Waals surface area contributed by atoms with E-state index >= 15 is 0 Å². The normalized spacial score (nSPS) is 10.7. The number of ether oxygens (including phenoxy) is 1. The van der Waals surface area contributed by atoms with Crippen molar-refractivity contribution in [2.24, 2.45) is 5.10 Å². The lowest BCUT2D eigenvalue weighted by Crippen LogP contribution is -2.24. The molecule has 0 aliphatic heterocycles. The third-order valence-corrected chi connectivity index (χ3v) is 3.68. The number of benzene rings is 2. The average Bonchev–Trinajstić information content (AvgIpc) is 2.48. The predicted molar refractivity (Wildman–Crippen MR) is 91.8 cm³/mol. The molecule has 1 amide bonds. The van der Waals surface area contributed by atoms with Gasteiger partial charge >= 0.3 is 0 Å². The molecule has 0 aliphatic carbocycles. The van der Waals surface area contributed by atoms with Gasteiger partial charge < -0.3 is 4.74 Å². The van der Waals surface area contributed by atoms with Crippen molar-refractivity contribution in [2.75, 3.05) is 6.61 Å². The van der Waals surface area contributed by atoms with Gasteiger partial charge in [0.15, 0.2) is 6.61 Å². The monoisotopic (exact) mass is 400 g/mol. The average molecular weight is 402 g/mol. The summed E-state index contributed by atoms with van der Waals surface area (Å²) in [7, 11) is 0. The van der Waals surface area contributed by atoms with E-state index in [1.54, 1.807) is 30.3 Å². The van der Waals surface area contributed by atoms with Crippen LogP contribution in [0.15, 0.2) is 52.0 Å². The summed E-state index contributed by atoms with van der Waals surface area (Å²) in [6, 6.07) is 12.3. The molecule has 7 heteroatoms. The number of carbonyl (C=O) groups excluding carboxylic acids is 1. The van der Waals surface area contributed by atoms with Crippen molar-refractivity contribution in [3.05, 3.63) is 62.5 Å². The van der Waals surface area contributed by atoms with Crippen molar-refractivity contribution < 1.29 is 9.53 Å². The van der Waals surface area contributed by atoms with Crippen LogP contribution in [0.1, 0.15) is 5.56 Å². The van der Waals surface area contributed by atoms with Gasteiger partial charge in [0.2, 0.25) is 0 Å². The van der Waals surface area contributed by atoms with E-state index in [1.165, 1.54) is 6.21 Å². The minimum atomic E-state index is -0.401. The molecule has 114 valence electrons. The first kappa shape index (κ1) is 16.8. The molecule has 2 aromatic carbocycles. The molecule has 0 spiro atoms. The zero-order valence-electron chi connectivity index (χ0n) is 11.2. The molecule has 1 N–H and O–H groups in total. The van der Waals surface area contributed by atoms with Crippen LogP contribution in [0, 0.1) is 0 Å². The van der Waals surface area contributed by atoms with Crippen molar-refractivity contribution in [3.8, 4) is 5.75 Å². The number of nitrogens with zero attached hydrogens (tertiary/aromatic N) is 1. The maximum atomic E-state index is 11.6. The summed E-state index contributed by atoms with van der Waals surface area (Å²) in [6.07, 6.45) is 1.47. The third-order valence-electron chi connectivity index (χ3n) is 2.55. The van der Waals surface area contributed by atoms with Crippen LogP contribution in [-0.4, -0.2) is 18.7 Å². The Morgan fingerprint density at radius 3 is 2.73 bits per heavy atom. The fourth-order valence-electron chi connectivity index (χ4n) is 1.52. The second kappa shape index (κ2) is 8.17. The zero-order chi connectivity index (χ0) is 15.9. The van der Waals surface area contributed by atoms with Gasteiger partial charge in [-0.05, 0) is 24.3 Å². The molecular formula is C15H11BrCl2N2O2. The second-order valence-electron chi connectivity index (χ2n) is 4.18. The van der Waals surface area contributed by atoms with Crippen LogP contribution in [0.5, 0.6) is 5.75 Å². The molecule has 0 heterocycles. The summed E-state index contributed by atoms with van der Waals surface area (Å²) >= 11 is 15.2. The Labute approximate surface area is 146 Å². The molecule has 2 aromatic rings. The molecule has 0 atom stereocenters. The van der Waals surface area contributed by atoms with Gasteiger partial charge in [-0.25, -0.2) is 5.43 Å². The smallest absolute Gasteiger partial charge is 0.277 e. The van der Waals surface area contributed by atoms with E-state index in [0.29, 0.717) is 21.4 Å². The Kier molecular flexibility index (Phi) is 6.24. The number of halogens is 3. The highest BCUT2D eigenvalue weighted by Crippen LogP contribution is 2.27. The molecule has 0 saturated carbocycles. The van der Waals surface area contributed by atoms with Crippen molar-refractivity contribution in [1.82, 2.24) is 5.43 Å². The third kappa shape index (κ3) is 5.02. The maximum absolute atomic E-state index is 11.6. The topological polar surface area (TPSA) is 50.7 Å². The van der Waals surface area contributed by atoms with E-state index in [2.05, 4.69) is 26.5 Å². The first-order valence-corrected chi connectivity index (χ1v) is 7.75. The number of amides is 1. The molecule has 0 radical (unpaired) electrons. The molecule has 0 bridgehead atoms. The van der Waals surface area contributed by atoms with Crippen LogP contribution in [0.3, 0.4) is 0 Å². The summed E-state index contributed by atoms with van der Waals surface area (Å²) in [5, 5.41) is 4.79. The van der Waals surface area contributed by atoms with Gasteiger partial charge in [-0.15, -0.1) is 0 Å².